The lowest BCUT2D eigenvalue weighted by Gasteiger charge is -2.55. The van der Waals surface area contributed by atoms with E-state index in [1.165, 1.54) is 5.56 Å². The van der Waals surface area contributed by atoms with Crippen LogP contribution < -0.4 is 4.74 Å². The number of hydrogen-bond donors (Lipinski definition) is 0. The van der Waals surface area contributed by atoms with E-state index in [9.17, 15) is 4.79 Å². The van der Waals surface area contributed by atoms with Crippen molar-refractivity contribution in [2.24, 2.45) is 0 Å². The van der Waals surface area contributed by atoms with E-state index in [-0.39, 0.29) is 24.0 Å². The Labute approximate surface area is 284 Å². The van der Waals surface area contributed by atoms with Crippen LogP contribution >= 0.6 is 0 Å². The Hall–Kier alpha value is -3.79. The Morgan fingerprint density at radius 3 is 2.31 bits per heavy atom. The third-order valence-corrected chi connectivity index (χ3v) is 10.2. The molecule has 2 aromatic heterocycles. The number of hydrogen-bond acceptors (Lipinski definition) is 7. The molecule has 0 bridgehead atoms. The van der Waals surface area contributed by atoms with E-state index in [4.69, 9.17) is 24.3 Å². The lowest BCUT2D eigenvalue weighted by Crippen LogP contribution is -2.68. The predicted molar refractivity (Wildman–Crippen MR) is 187 cm³/mol. The summed E-state index contributed by atoms with van der Waals surface area (Å²) in [5.41, 5.74) is 4.38. The molecule has 0 radical (unpaired) electrons. The number of ether oxygens (including phenoxy) is 3. The average molecular weight is 652 g/mol. The van der Waals surface area contributed by atoms with Gasteiger partial charge < -0.3 is 19.1 Å². The number of carbonyl (C=O) groups excluding carboxylic acids is 1. The van der Waals surface area contributed by atoms with E-state index in [2.05, 4.69) is 67.8 Å². The zero-order chi connectivity index (χ0) is 33.5. The number of rotatable bonds is 7. The monoisotopic (exact) mass is 651 g/mol. The van der Waals surface area contributed by atoms with Crippen LogP contribution in [0.25, 0.3) is 22.3 Å². The fraction of sp³-hybridized carbons (Fsp3) is 0.513. The molecular formula is C39H49N5O4. The Morgan fingerprint density at radius 1 is 0.896 bits per heavy atom. The second-order valence-electron chi connectivity index (χ2n) is 14.9. The molecule has 2 atom stereocenters. The molecule has 0 saturated carbocycles. The summed E-state index contributed by atoms with van der Waals surface area (Å²) < 4.78 is 20.0. The zero-order valence-corrected chi connectivity index (χ0v) is 29.1. The number of piperazine rings is 1. The van der Waals surface area contributed by atoms with Gasteiger partial charge in [0.25, 0.3) is 5.91 Å². The van der Waals surface area contributed by atoms with Crippen LogP contribution in [0.5, 0.6) is 5.75 Å². The number of aryl methyl sites for hydroxylation is 1. The number of amides is 1. The van der Waals surface area contributed by atoms with Gasteiger partial charge in [0.15, 0.2) is 18.2 Å². The number of aromatic nitrogens is 3. The second kappa shape index (κ2) is 13.3. The molecule has 4 aromatic rings. The van der Waals surface area contributed by atoms with Crippen LogP contribution in [0.15, 0.2) is 60.7 Å². The Bertz CT molecular complexity index is 1740. The summed E-state index contributed by atoms with van der Waals surface area (Å²) >= 11 is 0. The SMILES string of the molecule is Cc1nn(C2CCCCO2)c2nc(-c3ccc(OC4CCCCO4)cc3)cc(C(=O)N3CC(C)(C)N(Cc4ccccc4)CC3(C)C)c12. The first-order chi connectivity index (χ1) is 23.1. The van der Waals surface area contributed by atoms with Gasteiger partial charge in [-0.2, -0.15) is 5.10 Å². The number of nitrogens with zero attached hydrogens (tertiary/aromatic N) is 5. The molecule has 2 unspecified atom stereocenters. The maximum Gasteiger partial charge on any atom is 0.255 e. The summed E-state index contributed by atoms with van der Waals surface area (Å²) in [4.78, 5) is 24.7. The highest BCUT2D eigenvalue weighted by molar-refractivity contribution is 6.08. The topological polar surface area (TPSA) is 81.9 Å². The third kappa shape index (κ3) is 6.60. The first kappa shape index (κ1) is 32.7. The highest BCUT2D eigenvalue weighted by atomic mass is 16.7. The van der Waals surface area contributed by atoms with Gasteiger partial charge in [0.05, 0.1) is 34.5 Å². The van der Waals surface area contributed by atoms with Crippen LogP contribution in [0.4, 0.5) is 0 Å². The summed E-state index contributed by atoms with van der Waals surface area (Å²) in [6, 6.07) is 20.5. The van der Waals surface area contributed by atoms with Gasteiger partial charge in [-0.3, -0.25) is 9.69 Å². The summed E-state index contributed by atoms with van der Waals surface area (Å²) in [6.07, 6.45) is 5.64. The molecular weight excluding hydrogens is 602 g/mol. The van der Waals surface area contributed by atoms with Gasteiger partial charge in [-0.15, -0.1) is 0 Å². The lowest BCUT2D eigenvalue weighted by molar-refractivity contribution is -0.105. The van der Waals surface area contributed by atoms with Gasteiger partial charge in [0, 0.05) is 43.8 Å². The maximum absolute atomic E-state index is 15.0. The standard InChI is InChI=1S/C39H49N5O4/c1-27-35-31(37(45)43-26-38(2,3)42(25-39(43,4)5)24-28-13-7-6-8-14-28)23-32(40-36(35)44(41-27)33-15-9-11-21-46-33)29-17-19-30(20-18-29)48-34-16-10-12-22-47-34/h6-8,13-14,17-20,23,33-34H,9-12,15-16,21-22,24-26H2,1-5H3. The van der Waals surface area contributed by atoms with E-state index in [0.717, 1.165) is 86.3 Å². The average Bonchev–Trinajstić information content (AvgIpc) is 3.43. The molecule has 1 amide bonds. The number of fused-ring (bicyclic) bond motifs is 1. The molecule has 0 N–H and O–H groups in total. The van der Waals surface area contributed by atoms with Crippen molar-refractivity contribution in [1.82, 2.24) is 24.6 Å². The molecule has 0 aliphatic carbocycles. The first-order valence-corrected chi connectivity index (χ1v) is 17.6. The van der Waals surface area contributed by atoms with Crippen LogP contribution in [0.3, 0.4) is 0 Å². The molecule has 3 fully saturated rings. The van der Waals surface area contributed by atoms with Gasteiger partial charge in [0.1, 0.15) is 5.75 Å². The molecule has 2 aromatic carbocycles. The van der Waals surface area contributed by atoms with Crippen molar-refractivity contribution in [2.45, 2.75) is 103 Å². The molecule has 9 heteroatoms. The van der Waals surface area contributed by atoms with Crippen molar-refractivity contribution < 1.29 is 19.0 Å². The minimum Gasteiger partial charge on any atom is -0.465 e. The van der Waals surface area contributed by atoms with Crippen LogP contribution in [0.1, 0.15) is 94.1 Å². The summed E-state index contributed by atoms with van der Waals surface area (Å²) in [5, 5.41) is 5.75. The quantitative estimate of drug-likeness (QED) is 0.204. The second-order valence-corrected chi connectivity index (χ2v) is 14.9. The van der Waals surface area contributed by atoms with E-state index >= 15 is 0 Å². The first-order valence-electron chi connectivity index (χ1n) is 17.6. The van der Waals surface area contributed by atoms with Crippen molar-refractivity contribution in [3.63, 3.8) is 0 Å². The van der Waals surface area contributed by atoms with Crippen molar-refractivity contribution in [2.75, 3.05) is 26.3 Å². The molecule has 3 aliphatic rings. The fourth-order valence-electron chi connectivity index (χ4n) is 7.44. The summed E-state index contributed by atoms with van der Waals surface area (Å²) in [7, 11) is 0. The zero-order valence-electron chi connectivity index (χ0n) is 29.1. The summed E-state index contributed by atoms with van der Waals surface area (Å²) in [5.74, 6) is 0.763. The van der Waals surface area contributed by atoms with Crippen LogP contribution in [-0.2, 0) is 16.0 Å². The minimum absolute atomic E-state index is 0.00250. The smallest absolute Gasteiger partial charge is 0.255 e. The number of pyridine rings is 1. The van der Waals surface area contributed by atoms with E-state index in [0.29, 0.717) is 24.4 Å². The summed E-state index contributed by atoms with van der Waals surface area (Å²) in [6.45, 7) is 14.4. The largest absolute Gasteiger partial charge is 0.465 e. The van der Waals surface area contributed by atoms with Crippen LogP contribution in [-0.4, -0.2) is 74.1 Å². The molecule has 7 rings (SSSR count). The molecule has 5 heterocycles. The molecule has 3 aliphatic heterocycles. The highest BCUT2D eigenvalue weighted by Crippen LogP contribution is 2.37. The normalized spacial score (nSPS) is 22.9. The number of carbonyl (C=O) groups is 1. The molecule has 9 nitrogen and oxygen atoms in total. The minimum atomic E-state index is -0.409. The van der Waals surface area contributed by atoms with Gasteiger partial charge in [-0.25, -0.2) is 9.67 Å². The van der Waals surface area contributed by atoms with E-state index in [1.807, 2.05) is 41.9 Å². The molecule has 3 saturated heterocycles. The lowest BCUT2D eigenvalue weighted by atomic mass is 9.87. The van der Waals surface area contributed by atoms with Gasteiger partial charge in [-0.1, -0.05) is 30.3 Å². The predicted octanol–water partition coefficient (Wildman–Crippen LogP) is 7.53. The fourth-order valence-corrected chi connectivity index (χ4v) is 7.44. The Balaban J connectivity index is 1.25. The van der Waals surface area contributed by atoms with Gasteiger partial charge in [0.2, 0.25) is 0 Å². The molecule has 0 spiro atoms. The third-order valence-electron chi connectivity index (χ3n) is 10.2. The van der Waals surface area contributed by atoms with Crippen molar-refractivity contribution in [3.8, 4) is 17.0 Å². The Kier molecular flexibility index (Phi) is 9.04. The van der Waals surface area contributed by atoms with Crippen molar-refractivity contribution in [3.05, 3.63) is 77.5 Å². The highest BCUT2D eigenvalue weighted by Gasteiger charge is 2.46. The van der Waals surface area contributed by atoms with Gasteiger partial charge >= 0.3 is 0 Å². The maximum atomic E-state index is 15.0. The molecule has 254 valence electrons. The van der Waals surface area contributed by atoms with E-state index < -0.39 is 5.54 Å². The molecule has 48 heavy (non-hydrogen) atoms. The van der Waals surface area contributed by atoms with Crippen LogP contribution in [0, 0.1) is 6.92 Å². The van der Waals surface area contributed by atoms with E-state index in [1.54, 1.807) is 0 Å². The Morgan fingerprint density at radius 2 is 1.62 bits per heavy atom. The van der Waals surface area contributed by atoms with Crippen molar-refractivity contribution >= 4 is 16.9 Å². The van der Waals surface area contributed by atoms with Crippen molar-refractivity contribution in [1.29, 1.82) is 0 Å². The number of benzene rings is 2. The van der Waals surface area contributed by atoms with Crippen LogP contribution in [0.2, 0.25) is 0 Å². The van der Waals surface area contributed by atoms with Gasteiger partial charge in [-0.05, 0) is 103 Å².